The molecule has 0 aromatic carbocycles. The fourth-order valence-corrected chi connectivity index (χ4v) is 0.907. The summed E-state index contributed by atoms with van der Waals surface area (Å²) in [5.74, 6) is 0.549. The molecular weight excluding hydrogens is 112 g/mol. The van der Waals surface area contributed by atoms with Crippen LogP contribution in [-0.2, 0) is 0 Å². The molecule has 0 aliphatic rings. The molecule has 0 aromatic rings. The van der Waals surface area contributed by atoms with Gasteiger partial charge in [-0.1, -0.05) is 13.3 Å². The summed E-state index contributed by atoms with van der Waals surface area (Å²) in [6.45, 7) is 2.87. The Labute approximate surface area is 57.0 Å². The van der Waals surface area contributed by atoms with Crippen LogP contribution in [0.25, 0.3) is 0 Å². The van der Waals surface area contributed by atoms with Crippen molar-refractivity contribution in [2.45, 2.75) is 26.2 Å². The third kappa shape index (κ3) is 4.15. The van der Waals surface area contributed by atoms with E-state index in [1.165, 1.54) is 12.6 Å². The maximum Gasteiger partial charge on any atom is -0.00445 e. The van der Waals surface area contributed by atoms with Crippen molar-refractivity contribution < 1.29 is 0 Å². The molecule has 9 heavy (non-hydrogen) atoms. The molecule has 0 amide bonds. The zero-order chi connectivity index (χ0) is 7.11. The Morgan fingerprint density at radius 3 is 2.67 bits per heavy atom. The molecule has 0 radical (unpaired) electrons. The Morgan fingerprint density at radius 2 is 2.33 bits per heavy atom. The van der Waals surface area contributed by atoms with Crippen LogP contribution in [0.4, 0.5) is 0 Å². The van der Waals surface area contributed by atoms with Gasteiger partial charge in [-0.05, 0) is 31.5 Å². The summed E-state index contributed by atoms with van der Waals surface area (Å²) in [5.41, 5.74) is 5.44. The van der Waals surface area contributed by atoms with Gasteiger partial charge in [-0.15, -0.1) is 0 Å². The Kier molecular flexibility index (Phi) is 5.52. The van der Waals surface area contributed by atoms with E-state index in [9.17, 15) is 0 Å². The molecule has 2 nitrogen and oxygen atoms in total. The molecule has 0 bridgehead atoms. The zero-order valence-corrected chi connectivity index (χ0v) is 6.06. The van der Waals surface area contributed by atoms with Crippen LogP contribution >= 0.6 is 0 Å². The summed E-state index contributed by atoms with van der Waals surface area (Å²) in [7, 11) is 0. The average Bonchev–Trinajstić information content (AvgIpc) is 1.88. The Morgan fingerprint density at radius 1 is 1.67 bits per heavy atom. The van der Waals surface area contributed by atoms with Crippen molar-refractivity contribution in [1.82, 2.24) is 0 Å². The highest BCUT2D eigenvalue weighted by Crippen LogP contribution is 2.06. The molecule has 0 spiro atoms. The molecule has 0 heterocycles. The van der Waals surface area contributed by atoms with Gasteiger partial charge in [0.2, 0.25) is 0 Å². The van der Waals surface area contributed by atoms with Crippen molar-refractivity contribution >= 4 is 6.21 Å². The van der Waals surface area contributed by atoms with Gasteiger partial charge in [-0.25, -0.2) is 0 Å². The summed E-state index contributed by atoms with van der Waals surface area (Å²) in [6.07, 6.45) is 4.64. The molecule has 54 valence electrons. The first kappa shape index (κ1) is 8.63. The highest BCUT2D eigenvalue weighted by atomic mass is 14.5. The minimum Gasteiger partial charge on any atom is -0.330 e. The Bertz CT molecular complexity index is 71.3. The molecule has 0 saturated heterocycles. The minimum atomic E-state index is 0.549. The average molecular weight is 128 g/mol. The van der Waals surface area contributed by atoms with Crippen LogP contribution in [0.1, 0.15) is 26.2 Å². The largest absolute Gasteiger partial charge is 0.330 e. The fraction of sp³-hybridized carbons (Fsp3) is 0.857. The summed E-state index contributed by atoms with van der Waals surface area (Å²) in [5, 5.41) is 6.83. The maximum atomic E-state index is 6.83. The van der Waals surface area contributed by atoms with E-state index in [-0.39, 0.29) is 0 Å². The van der Waals surface area contributed by atoms with Crippen molar-refractivity contribution in [3.05, 3.63) is 0 Å². The highest BCUT2D eigenvalue weighted by molar-refractivity contribution is 5.53. The third-order valence-corrected chi connectivity index (χ3v) is 1.48. The number of nitrogens with one attached hydrogen (secondary N) is 1. The molecule has 0 saturated carbocycles. The van der Waals surface area contributed by atoms with Crippen molar-refractivity contribution in [3.8, 4) is 0 Å². The molecule has 0 aliphatic heterocycles. The van der Waals surface area contributed by atoms with E-state index in [0.29, 0.717) is 5.92 Å². The monoisotopic (exact) mass is 128 g/mol. The number of rotatable bonds is 5. The summed E-state index contributed by atoms with van der Waals surface area (Å²) in [6, 6.07) is 0. The standard InChI is InChI=1S/C7H16N2/c1-2-3-7(6-9)4-5-8/h5,7-8H,2-4,6,9H2,1H3. The smallest absolute Gasteiger partial charge is 0.00445 e. The minimum absolute atomic E-state index is 0.549. The molecule has 3 N–H and O–H groups in total. The molecule has 1 unspecified atom stereocenters. The normalized spacial score (nSPS) is 13.1. The lowest BCUT2D eigenvalue weighted by atomic mass is 10.0. The second-order valence-electron chi connectivity index (χ2n) is 2.33. The SMILES string of the molecule is CCCC(CN)CC=N. The summed E-state index contributed by atoms with van der Waals surface area (Å²) in [4.78, 5) is 0. The van der Waals surface area contributed by atoms with Crippen LogP contribution in [0.15, 0.2) is 0 Å². The Hall–Kier alpha value is -0.370. The zero-order valence-electron chi connectivity index (χ0n) is 6.06. The van der Waals surface area contributed by atoms with Crippen LogP contribution in [0.3, 0.4) is 0 Å². The molecule has 1 atom stereocenters. The van der Waals surface area contributed by atoms with E-state index in [4.69, 9.17) is 11.1 Å². The Balaban J connectivity index is 3.28. The molecule has 2 heteroatoms. The topological polar surface area (TPSA) is 49.9 Å². The van der Waals surface area contributed by atoms with E-state index in [2.05, 4.69) is 6.92 Å². The lowest BCUT2D eigenvalue weighted by Gasteiger charge is -2.08. The van der Waals surface area contributed by atoms with E-state index in [0.717, 1.165) is 19.4 Å². The second-order valence-corrected chi connectivity index (χ2v) is 2.33. The van der Waals surface area contributed by atoms with Crippen molar-refractivity contribution in [3.63, 3.8) is 0 Å². The van der Waals surface area contributed by atoms with Crippen molar-refractivity contribution in [1.29, 1.82) is 5.41 Å². The van der Waals surface area contributed by atoms with Crippen LogP contribution in [0.2, 0.25) is 0 Å². The van der Waals surface area contributed by atoms with Gasteiger partial charge in [0.15, 0.2) is 0 Å². The van der Waals surface area contributed by atoms with Crippen LogP contribution in [0, 0.1) is 11.3 Å². The molecule has 0 aromatic heterocycles. The van der Waals surface area contributed by atoms with Gasteiger partial charge in [0, 0.05) is 0 Å². The summed E-state index contributed by atoms with van der Waals surface area (Å²) < 4.78 is 0. The van der Waals surface area contributed by atoms with Crippen LogP contribution in [-0.4, -0.2) is 12.8 Å². The predicted octanol–water partition coefficient (Wildman–Crippen LogP) is 1.40. The highest BCUT2D eigenvalue weighted by Gasteiger charge is 2.01. The third-order valence-electron chi connectivity index (χ3n) is 1.48. The van der Waals surface area contributed by atoms with Gasteiger partial charge in [-0.3, -0.25) is 0 Å². The molecular formula is C7H16N2. The predicted molar refractivity (Wildman–Crippen MR) is 40.9 cm³/mol. The van der Waals surface area contributed by atoms with E-state index >= 15 is 0 Å². The second kappa shape index (κ2) is 5.76. The van der Waals surface area contributed by atoms with Gasteiger partial charge in [0.05, 0.1) is 0 Å². The van der Waals surface area contributed by atoms with Crippen LogP contribution in [0.5, 0.6) is 0 Å². The lowest BCUT2D eigenvalue weighted by Crippen LogP contribution is -2.14. The van der Waals surface area contributed by atoms with Gasteiger partial charge >= 0.3 is 0 Å². The van der Waals surface area contributed by atoms with Crippen molar-refractivity contribution in [2.75, 3.05) is 6.54 Å². The first-order valence-electron chi connectivity index (χ1n) is 3.54. The van der Waals surface area contributed by atoms with Gasteiger partial charge in [0.1, 0.15) is 0 Å². The number of nitrogens with two attached hydrogens (primary N) is 1. The van der Waals surface area contributed by atoms with Crippen molar-refractivity contribution in [2.24, 2.45) is 11.7 Å². The molecule has 0 fully saturated rings. The van der Waals surface area contributed by atoms with Gasteiger partial charge in [0.25, 0.3) is 0 Å². The van der Waals surface area contributed by atoms with E-state index < -0.39 is 0 Å². The fourth-order valence-electron chi connectivity index (χ4n) is 0.907. The van der Waals surface area contributed by atoms with Gasteiger partial charge in [-0.2, -0.15) is 0 Å². The first-order valence-corrected chi connectivity index (χ1v) is 3.54. The van der Waals surface area contributed by atoms with Gasteiger partial charge < -0.3 is 11.1 Å². The summed E-state index contributed by atoms with van der Waals surface area (Å²) >= 11 is 0. The van der Waals surface area contributed by atoms with E-state index in [1.54, 1.807) is 0 Å². The lowest BCUT2D eigenvalue weighted by molar-refractivity contribution is 0.510. The molecule has 0 aliphatic carbocycles. The number of hydrogen-bond donors (Lipinski definition) is 2. The number of hydrogen-bond acceptors (Lipinski definition) is 2. The first-order chi connectivity index (χ1) is 4.35. The molecule has 0 rings (SSSR count). The van der Waals surface area contributed by atoms with Crippen LogP contribution < -0.4 is 5.73 Å². The quantitative estimate of drug-likeness (QED) is 0.540. The van der Waals surface area contributed by atoms with E-state index in [1.807, 2.05) is 0 Å². The maximum absolute atomic E-state index is 6.83.